The van der Waals surface area contributed by atoms with Crippen LogP contribution >= 0.6 is 0 Å². The third kappa shape index (κ3) is 4.53. The molecule has 0 spiro atoms. The van der Waals surface area contributed by atoms with E-state index in [1.165, 1.54) is 6.07 Å². The van der Waals surface area contributed by atoms with Gasteiger partial charge in [-0.2, -0.15) is 0 Å². The summed E-state index contributed by atoms with van der Waals surface area (Å²) in [6.45, 7) is 4.26. The van der Waals surface area contributed by atoms with E-state index in [0.717, 1.165) is 6.42 Å². The van der Waals surface area contributed by atoms with Crippen LogP contribution in [0.5, 0.6) is 0 Å². The molecule has 3 N–H and O–H groups in total. The van der Waals surface area contributed by atoms with Crippen LogP contribution < -0.4 is 11.1 Å². The van der Waals surface area contributed by atoms with Gasteiger partial charge in [-0.15, -0.1) is 0 Å². The van der Waals surface area contributed by atoms with Gasteiger partial charge in [0, 0.05) is 12.1 Å². The first-order valence-corrected chi connectivity index (χ1v) is 5.79. The van der Waals surface area contributed by atoms with Crippen LogP contribution in [0.15, 0.2) is 18.2 Å². The van der Waals surface area contributed by atoms with E-state index < -0.39 is 0 Å². The zero-order valence-corrected chi connectivity index (χ0v) is 10.3. The summed E-state index contributed by atoms with van der Waals surface area (Å²) in [4.78, 5) is 11.6. The number of nitrogens with one attached hydrogen (secondary N) is 1. The zero-order valence-electron chi connectivity index (χ0n) is 10.3. The highest BCUT2D eigenvalue weighted by Gasteiger charge is 2.06. The first-order chi connectivity index (χ1) is 8.02. The Hall–Kier alpha value is -1.42. The molecule has 0 aliphatic heterocycles. The number of aryl methyl sites for hydroxylation is 1. The van der Waals surface area contributed by atoms with E-state index in [1.54, 1.807) is 19.1 Å². The molecule has 0 fully saturated rings. The second kappa shape index (κ2) is 6.35. The highest BCUT2D eigenvalue weighted by atomic mass is 19.1. The van der Waals surface area contributed by atoms with Crippen molar-refractivity contribution in [3.8, 4) is 0 Å². The molecule has 1 aromatic rings. The maximum atomic E-state index is 13.0. The van der Waals surface area contributed by atoms with Crippen molar-refractivity contribution in [2.75, 3.05) is 11.9 Å². The molecule has 17 heavy (non-hydrogen) atoms. The number of carbonyl (C=O) groups is 1. The van der Waals surface area contributed by atoms with Crippen molar-refractivity contribution in [2.24, 2.45) is 11.7 Å². The molecular weight excluding hydrogens is 219 g/mol. The molecular formula is C13H19FN2O. The standard InChI is InChI=1S/C13H19FN2O/c1-9(8-15)3-6-13(17)16-11-4-5-12(14)10(2)7-11/h4-5,7,9H,3,6,8,15H2,1-2H3,(H,16,17). The van der Waals surface area contributed by atoms with E-state index in [4.69, 9.17) is 5.73 Å². The Morgan fingerprint density at radius 1 is 1.53 bits per heavy atom. The molecule has 0 aliphatic rings. The Balaban J connectivity index is 2.48. The van der Waals surface area contributed by atoms with E-state index in [-0.39, 0.29) is 11.7 Å². The summed E-state index contributed by atoms with van der Waals surface area (Å²) >= 11 is 0. The fraction of sp³-hybridized carbons (Fsp3) is 0.462. The molecule has 0 saturated heterocycles. The normalized spacial score (nSPS) is 12.2. The van der Waals surface area contributed by atoms with Crippen LogP contribution in [0, 0.1) is 18.7 Å². The predicted octanol–water partition coefficient (Wildman–Crippen LogP) is 2.45. The maximum absolute atomic E-state index is 13.0. The zero-order chi connectivity index (χ0) is 12.8. The number of hydrogen-bond donors (Lipinski definition) is 2. The van der Waals surface area contributed by atoms with Crippen molar-refractivity contribution in [1.29, 1.82) is 0 Å². The van der Waals surface area contributed by atoms with E-state index in [0.29, 0.717) is 30.1 Å². The number of hydrogen-bond acceptors (Lipinski definition) is 2. The largest absolute Gasteiger partial charge is 0.330 e. The third-order valence-corrected chi connectivity index (χ3v) is 2.71. The van der Waals surface area contributed by atoms with Crippen LogP contribution in [0.3, 0.4) is 0 Å². The summed E-state index contributed by atoms with van der Waals surface area (Å²) in [7, 11) is 0. The summed E-state index contributed by atoms with van der Waals surface area (Å²) in [6.07, 6.45) is 1.21. The lowest BCUT2D eigenvalue weighted by molar-refractivity contribution is -0.116. The summed E-state index contributed by atoms with van der Waals surface area (Å²) in [6, 6.07) is 4.54. The first-order valence-electron chi connectivity index (χ1n) is 5.79. The molecule has 4 heteroatoms. The van der Waals surface area contributed by atoms with Gasteiger partial charge >= 0.3 is 0 Å². The Morgan fingerprint density at radius 2 is 2.24 bits per heavy atom. The molecule has 1 amide bonds. The van der Waals surface area contributed by atoms with Crippen molar-refractivity contribution >= 4 is 11.6 Å². The molecule has 0 radical (unpaired) electrons. The SMILES string of the molecule is Cc1cc(NC(=O)CCC(C)CN)ccc1F. The van der Waals surface area contributed by atoms with Gasteiger partial charge in [-0.05, 0) is 49.6 Å². The summed E-state index contributed by atoms with van der Waals surface area (Å²) in [5.74, 6) is 0.0202. The highest BCUT2D eigenvalue weighted by molar-refractivity contribution is 5.90. The third-order valence-electron chi connectivity index (χ3n) is 2.71. The lowest BCUT2D eigenvalue weighted by Gasteiger charge is -2.09. The van der Waals surface area contributed by atoms with Gasteiger partial charge in [0.1, 0.15) is 5.82 Å². The molecule has 0 saturated carbocycles. The van der Waals surface area contributed by atoms with Crippen LogP contribution in [0.25, 0.3) is 0 Å². The average molecular weight is 238 g/mol. The van der Waals surface area contributed by atoms with Crippen molar-refractivity contribution < 1.29 is 9.18 Å². The minimum absolute atomic E-state index is 0.0590. The van der Waals surface area contributed by atoms with Gasteiger partial charge in [-0.25, -0.2) is 4.39 Å². The summed E-state index contributed by atoms with van der Waals surface area (Å²) in [5.41, 5.74) is 6.63. The number of halogens is 1. The van der Waals surface area contributed by atoms with E-state index in [2.05, 4.69) is 5.32 Å². The highest BCUT2D eigenvalue weighted by Crippen LogP contribution is 2.14. The predicted molar refractivity (Wildman–Crippen MR) is 67.2 cm³/mol. The van der Waals surface area contributed by atoms with Gasteiger partial charge in [0.2, 0.25) is 5.91 Å². The molecule has 1 atom stereocenters. The van der Waals surface area contributed by atoms with E-state index >= 15 is 0 Å². The Morgan fingerprint density at radius 3 is 2.82 bits per heavy atom. The van der Waals surface area contributed by atoms with Gasteiger partial charge in [-0.1, -0.05) is 6.92 Å². The van der Waals surface area contributed by atoms with Crippen molar-refractivity contribution in [3.05, 3.63) is 29.6 Å². The second-order valence-electron chi connectivity index (χ2n) is 4.39. The van der Waals surface area contributed by atoms with E-state index in [1.807, 2.05) is 6.92 Å². The second-order valence-corrected chi connectivity index (χ2v) is 4.39. The first kappa shape index (κ1) is 13.6. The minimum atomic E-state index is -0.264. The molecule has 1 aromatic carbocycles. The van der Waals surface area contributed by atoms with Gasteiger partial charge in [0.25, 0.3) is 0 Å². The van der Waals surface area contributed by atoms with Gasteiger partial charge in [0.05, 0.1) is 0 Å². The maximum Gasteiger partial charge on any atom is 0.224 e. The minimum Gasteiger partial charge on any atom is -0.330 e. The summed E-state index contributed by atoms with van der Waals surface area (Å²) < 4.78 is 13.0. The van der Waals surface area contributed by atoms with Crippen molar-refractivity contribution in [1.82, 2.24) is 0 Å². The molecule has 0 aromatic heterocycles. The van der Waals surface area contributed by atoms with Crippen LogP contribution in [0.1, 0.15) is 25.3 Å². The monoisotopic (exact) mass is 238 g/mol. The molecule has 94 valence electrons. The number of benzene rings is 1. The van der Waals surface area contributed by atoms with Crippen LogP contribution in [-0.2, 0) is 4.79 Å². The summed E-state index contributed by atoms with van der Waals surface area (Å²) in [5, 5.41) is 2.74. The van der Waals surface area contributed by atoms with Crippen LogP contribution in [0.4, 0.5) is 10.1 Å². The Labute approximate surface area is 101 Å². The van der Waals surface area contributed by atoms with Crippen LogP contribution in [0.2, 0.25) is 0 Å². The number of amides is 1. The average Bonchev–Trinajstić information content (AvgIpc) is 2.31. The van der Waals surface area contributed by atoms with E-state index in [9.17, 15) is 9.18 Å². The quantitative estimate of drug-likeness (QED) is 0.827. The molecule has 1 unspecified atom stereocenters. The number of carbonyl (C=O) groups excluding carboxylic acids is 1. The van der Waals surface area contributed by atoms with Gasteiger partial charge < -0.3 is 11.1 Å². The lowest BCUT2D eigenvalue weighted by Crippen LogP contribution is -2.16. The Bertz CT molecular complexity index is 393. The lowest BCUT2D eigenvalue weighted by atomic mass is 10.1. The number of anilines is 1. The van der Waals surface area contributed by atoms with Crippen molar-refractivity contribution in [2.45, 2.75) is 26.7 Å². The Kier molecular flexibility index (Phi) is 5.10. The molecule has 0 heterocycles. The molecule has 1 rings (SSSR count). The van der Waals surface area contributed by atoms with Gasteiger partial charge in [0.15, 0.2) is 0 Å². The number of nitrogens with two attached hydrogens (primary N) is 1. The molecule has 3 nitrogen and oxygen atoms in total. The fourth-order valence-corrected chi connectivity index (χ4v) is 1.44. The van der Waals surface area contributed by atoms with Crippen LogP contribution in [-0.4, -0.2) is 12.5 Å². The van der Waals surface area contributed by atoms with Crippen molar-refractivity contribution in [3.63, 3.8) is 0 Å². The molecule has 0 aliphatic carbocycles. The fourth-order valence-electron chi connectivity index (χ4n) is 1.44. The smallest absolute Gasteiger partial charge is 0.224 e. The van der Waals surface area contributed by atoms with Gasteiger partial charge in [-0.3, -0.25) is 4.79 Å². The number of rotatable bonds is 5. The molecule has 0 bridgehead atoms. The topological polar surface area (TPSA) is 55.1 Å².